The van der Waals surface area contributed by atoms with Gasteiger partial charge in [-0.25, -0.2) is 9.98 Å². The molecule has 1 aliphatic rings. The van der Waals surface area contributed by atoms with E-state index in [4.69, 9.17) is 4.74 Å². The van der Waals surface area contributed by atoms with Crippen LogP contribution in [0, 0.1) is 5.92 Å². The zero-order valence-electron chi connectivity index (χ0n) is 19.4. The third kappa shape index (κ3) is 7.05. The molecule has 31 heavy (non-hydrogen) atoms. The first-order valence-electron chi connectivity index (χ1n) is 11.0. The van der Waals surface area contributed by atoms with Crippen LogP contribution in [0.2, 0.25) is 0 Å². The molecule has 1 aromatic rings. The normalized spacial score (nSPS) is 15.6. The summed E-state index contributed by atoms with van der Waals surface area (Å²) in [5, 5.41) is 3.00. The van der Waals surface area contributed by atoms with Gasteiger partial charge in [0.25, 0.3) is 5.91 Å². The minimum absolute atomic E-state index is 0.146. The molecule has 1 amide bonds. The van der Waals surface area contributed by atoms with Crippen LogP contribution in [0.4, 0.5) is 5.69 Å². The van der Waals surface area contributed by atoms with Crippen LogP contribution in [0.1, 0.15) is 52.5 Å². The number of carbonyl (C=O) groups excluding carboxylic acids is 1. The van der Waals surface area contributed by atoms with Gasteiger partial charge in [0.1, 0.15) is 17.8 Å². The fourth-order valence-corrected chi connectivity index (χ4v) is 3.51. The van der Waals surface area contributed by atoms with Gasteiger partial charge in [0.15, 0.2) is 5.82 Å². The van der Waals surface area contributed by atoms with E-state index in [1.807, 2.05) is 25.1 Å². The Hall–Kier alpha value is -2.96. The lowest BCUT2D eigenvalue weighted by molar-refractivity contribution is -0.115. The first kappa shape index (κ1) is 24.3. The monoisotopic (exact) mass is 425 g/mol. The van der Waals surface area contributed by atoms with Crippen molar-refractivity contribution in [2.75, 3.05) is 25.1 Å². The topological polar surface area (TPSA) is 78.6 Å². The second-order valence-corrected chi connectivity index (χ2v) is 7.52. The van der Waals surface area contributed by atoms with Crippen LogP contribution in [0.5, 0.6) is 5.75 Å². The molecule has 1 N–H and O–H groups in total. The third-order valence-corrected chi connectivity index (χ3v) is 5.39. The number of nitrogens with one attached hydrogen (secondary N) is 1. The molecule has 0 spiro atoms. The molecule has 1 unspecified atom stereocenters. The summed E-state index contributed by atoms with van der Waals surface area (Å²) in [7, 11) is 1.67. The largest absolute Gasteiger partial charge is 0.497 e. The average molecular weight is 426 g/mol. The van der Waals surface area contributed by atoms with Crippen LogP contribution < -0.4 is 15.0 Å². The van der Waals surface area contributed by atoms with Crippen molar-refractivity contribution in [1.82, 2.24) is 5.32 Å². The summed E-state index contributed by atoms with van der Waals surface area (Å²) >= 11 is 0. The summed E-state index contributed by atoms with van der Waals surface area (Å²) in [4.78, 5) is 27.5. The summed E-state index contributed by atoms with van der Waals surface area (Å²) in [5.41, 5.74) is 2.67. The number of rotatable bonds is 11. The van der Waals surface area contributed by atoms with E-state index in [0.29, 0.717) is 24.0 Å². The Morgan fingerprint density at radius 2 is 2.16 bits per heavy atom. The van der Waals surface area contributed by atoms with Crippen molar-refractivity contribution in [2.24, 2.45) is 20.9 Å². The Balaban J connectivity index is 2.19. The molecule has 0 aromatic heterocycles. The Labute approximate surface area is 186 Å². The lowest BCUT2D eigenvalue weighted by Crippen LogP contribution is -2.33. The van der Waals surface area contributed by atoms with E-state index in [9.17, 15) is 4.79 Å². The van der Waals surface area contributed by atoms with Crippen LogP contribution in [0.15, 0.2) is 45.2 Å². The first-order valence-corrected chi connectivity index (χ1v) is 11.0. The van der Waals surface area contributed by atoms with Gasteiger partial charge in [0.05, 0.1) is 13.3 Å². The van der Waals surface area contributed by atoms with Crippen molar-refractivity contribution < 1.29 is 9.53 Å². The predicted molar refractivity (Wildman–Crippen MR) is 130 cm³/mol. The predicted octanol–water partition coefficient (Wildman–Crippen LogP) is 4.38. The molecule has 7 nitrogen and oxygen atoms in total. The van der Waals surface area contributed by atoms with Gasteiger partial charge in [-0.1, -0.05) is 26.7 Å². The van der Waals surface area contributed by atoms with Crippen molar-refractivity contribution in [3.8, 4) is 5.75 Å². The third-order valence-electron chi connectivity index (χ3n) is 5.39. The van der Waals surface area contributed by atoms with Crippen LogP contribution in [-0.2, 0) is 11.2 Å². The van der Waals surface area contributed by atoms with Gasteiger partial charge in [0, 0.05) is 25.0 Å². The number of aliphatic imine (C=N–C) groups is 3. The number of fused-ring (bicyclic) bond motifs is 1. The van der Waals surface area contributed by atoms with Crippen molar-refractivity contribution in [3.63, 3.8) is 0 Å². The molecular formula is C24H35N5O2. The zero-order chi connectivity index (χ0) is 22.6. The molecule has 0 radical (unpaired) electrons. The minimum Gasteiger partial charge on any atom is -0.497 e. The number of hydrogen-bond donors (Lipinski definition) is 1. The highest BCUT2D eigenvalue weighted by Crippen LogP contribution is 2.34. The molecule has 168 valence electrons. The van der Waals surface area contributed by atoms with Crippen LogP contribution in [-0.4, -0.2) is 44.4 Å². The van der Waals surface area contributed by atoms with Gasteiger partial charge in [-0.15, -0.1) is 0 Å². The second kappa shape index (κ2) is 12.7. The molecule has 1 aliphatic heterocycles. The summed E-state index contributed by atoms with van der Waals surface area (Å²) < 4.78 is 5.33. The number of amides is 1. The average Bonchev–Trinajstić information content (AvgIpc) is 3.21. The van der Waals surface area contributed by atoms with Gasteiger partial charge in [-0.3, -0.25) is 9.79 Å². The molecule has 1 aromatic carbocycles. The van der Waals surface area contributed by atoms with Crippen molar-refractivity contribution >= 4 is 29.9 Å². The van der Waals surface area contributed by atoms with Crippen LogP contribution in [0.3, 0.4) is 0 Å². The lowest BCUT2D eigenvalue weighted by Gasteiger charge is -2.19. The molecule has 0 saturated carbocycles. The SMILES string of the molecule is CC=N/C=N\C(=C\N=C(C)C(=O)NCC(CC)CCC)N1CCc2cc(OC)ccc21. The lowest BCUT2D eigenvalue weighted by atomic mass is 10.0. The number of anilines is 1. The molecular weight excluding hydrogens is 390 g/mol. The maximum atomic E-state index is 12.5. The fourth-order valence-electron chi connectivity index (χ4n) is 3.51. The van der Waals surface area contributed by atoms with Gasteiger partial charge in [-0.05, 0) is 56.4 Å². The van der Waals surface area contributed by atoms with Gasteiger partial charge < -0.3 is 15.0 Å². The molecule has 1 heterocycles. The van der Waals surface area contributed by atoms with E-state index in [0.717, 1.165) is 43.7 Å². The van der Waals surface area contributed by atoms with E-state index in [2.05, 4.69) is 39.0 Å². The minimum atomic E-state index is -0.146. The van der Waals surface area contributed by atoms with E-state index in [1.54, 1.807) is 26.4 Å². The smallest absolute Gasteiger partial charge is 0.265 e. The van der Waals surface area contributed by atoms with Crippen LogP contribution >= 0.6 is 0 Å². The Morgan fingerprint density at radius 1 is 1.35 bits per heavy atom. The molecule has 1 atom stereocenters. The molecule has 7 heteroatoms. The molecule has 0 fully saturated rings. The van der Waals surface area contributed by atoms with Crippen molar-refractivity contribution in [2.45, 2.75) is 53.4 Å². The highest BCUT2D eigenvalue weighted by atomic mass is 16.5. The molecule has 2 rings (SSSR count). The van der Waals surface area contributed by atoms with E-state index in [1.165, 1.54) is 11.9 Å². The summed E-state index contributed by atoms with van der Waals surface area (Å²) in [5.74, 6) is 1.83. The van der Waals surface area contributed by atoms with Gasteiger partial charge in [-0.2, -0.15) is 0 Å². The molecule has 0 aliphatic carbocycles. The maximum absolute atomic E-state index is 12.5. The summed E-state index contributed by atoms with van der Waals surface area (Å²) in [6, 6.07) is 6.00. The first-order chi connectivity index (χ1) is 15.0. The summed E-state index contributed by atoms with van der Waals surface area (Å²) in [6.07, 6.45) is 8.98. The number of nitrogens with zero attached hydrogens (tertiary/aromatic N) is 4. The standard InChI is InChI=1S/C24H35N5O2/c1-6-9-19(7-2)15-27-24(30)18(4)26-16-23(28-17-25-8-3)29-13-12-20-14-21(31-5)10-11-22(20)29/h8,10-11,14,16-17,19H,6-7,9,12-13,15H2,1-5H3,(H,27,30)/b23-16-,25-8?,26-18?,28-17-. The Morgan fingerprint density at radius 3 is 2.84 bits per heavy atom. The number of carbonyl (C=O) groups is 1. The zero-order valence-corrected chi connectivity index (χ0v) is 19.4. The Kier molecular flexibility index (Phi) is 9.94. The highest BCUT2D eigenvalue weighted by Gasteiger charge is 2.22. The molecule has 0 saturated heterocycles. The van der Waals surface area contributed by atoms with Gasteiger partial charge >= 0.3 is 0 Å². The van der Waals surface area contributed by atoms with E-state index < -0.39 is 0 Å². The number of benzene rings is 1. The second-order valence-electron chi connectivity index (χ2n) is 7.52. The molecule has 0 bridgehead atoms. The van der Waals surface area contributed by atoms with Gasteiger partial charge in [0.2, 0.25) is 0 Å². The Bertz CT molecular complexity index is 858. The number of ether oxygens (including phenoxy) is 1. The van der Waals surface area contributed by atoms with E-state index >= 15 is 0 Å². The van der Waals surface area contributed by atoms with E-state index in [-0.39, 0.29) is 5.91 Å². The van der Waals surface area contributed by atoms with Crippen molar-refractivity contribution in [1.29, 1.82) is 0 Å². The fraction of sp³-hybridized carbons (Fsp3) is 0.500. The number of hydrogen-bond acceptors (Lipinski definition) is 5. The van der Waals surface area contributed by atoms with Crippen LogP contribution in [0.25, 0.3) is 0 Å². The highest BCUT2D eigenvalue weighted by molar-refractivity contribution is 6.38. The number of methoxy groups -OCH3 is 1. The maximum Gasteiger partial charge on any atom is 0.265 e. The quantitative estimate of drug-likeness (QED) is 0.422. The van der Waals surface area contributed by atoms with Crippen molar-refractivity contribution in [3.05, 3.63) is 35.8 Å². The summed E-state index contributed by atoms with van der Waals surface area (Å²) in [6.45, 7) is 9.33.